The number of nitrogens with two attached hydrogens (primary N) is 1. The minimum absolute atomic E-state index is 0.0972. The van der Waals surface area contributed by atoms with Gasteiger partial charge in [0.1, 0.15) is 0 Å². The largest absolute Gasteiger partial charge is 0.323 e. The summed E-state index contributed by atoms with van der Waals surface area (Å²) in [4.78, 5) is 3.92. The standard InChI is InChI=1S/C12H14ClNS2/c1-2-8-3-5-11(15-8)10(14)7-9-4-6-12(13)16-9/h3-6,10H,2,7,14H2,1H3. The van der Waals surface area contributed by atoms with Crippen LogP contribution < -0.4 is 5.73 Å². The molecule has 4 heteroatoms. The quantitative estimate of drug-likeness (QED) is 0.883. The number of rotatable bonds is 4. The van der Waals surface area contributed by atoms with Gasteiger partial charge in [0.15, 0.2) is 0 Å². The molecule has 2 aromatic heterocycles. The van der Waals surface area contributed by atoms with Crippen molar-refractivity contribution in [1.82, 2.24) is 0 Å². The van der Waals surface area contributed by atoms with Crippen LogP contribution >= 0.6 is 34.3 Å². The molecule has 0 aromatic carbocycles. The van der Waals surface area contributed by atoms with Crippen molar-refractivity contribution in [1.29, 1.82) is 0 Å². The van der Waals surface area contributed by atoms with Gasteiger partial charge in [-0.05, 0) is 30.7 Å². The van der Waals surface area contributed by atoms with E-state index < -0.39 is 0 Å². The first-order valence-electron chi connectivity index (χ1n) is 5.27. The second kappa shape index (κ2) is 5.32. The fourth-order valence-corrected chi connectivity index (χ4v) is 3.66. The first-order valence-corrected chi connectivity index (χ1v) is 7.28. The second-order valence-electron chi connectivity index (χ2n) is 3.67. The molecule has 2 rings (SSSR count). The first kappa shape index (κ1) is 12.1. The van der Waals surface area contributed by atoms with E-state index in [1.165, 1.54) is 14.6 Å². The summed E-state index contributed by atoms with van der Waals surface area (Å²) in [5, 5.41) is 0. The number of hydrogen-bond acceptors (Lipinski definition) is 3. The highest BCUT2D eigenvalue weighted by molar-refractivity contribution is 7.16. The van der Waals surface area contributed by atoms with Gasteiger partial charge in [0.2, 0.25) is 0 Å². The second-order valence-corrected chi connectivity index (χ2v) is 6.67. The molecule has 2 aromatic rings. The van der Waals surface area contributed by atoms with Gasteiger partial charge in [0.05, 0.1) is 4.34 Å². The SMILES string of the molecule is CCc1ccc(C(N)Cc2ccc(Cl)s2)s1. The topological polar surface area (TPSA) is 26.0 Å². The van der Waals surface area contributed by atoms with Gasteiger partial charge in [0, 0.05) is 27.1 Å². The van der Waals surface area contributed by atoms with E-state index in [1.54, 1.807) is 11.3 Å². The first-order chi connectivity index (χ1) is 7.69. The molecule has 2 heterocycles. The maximum atomic E-state index is 6.18. The summed E-state index contributed by atoms with van der Waals surface area (Å²) < 4.78 is 0.836. The highest BCUT2D eigenvalue weighted by Crippen LogP contribution is 2.28. The Labute approximate surface area is 109 Å². The van der Waals surface area contributed by atoms with Crippen LogP contribution in [0.1, 0.15) is 27.6 Å². The molecule has 2 N–H and O–H groups in total. The smallest absolute Gasteiger partial charge is 0.0931 e. The monoisotopic (exact) mass is 271 g/mol. The summed E-state index contributed by atoms with van der Waals surface area (Å²) in [7, 11) is 0. The zero-order chi connectivity index (χ0) is 11.5. The summed E-state index contributed by atoms with van der Waals surface area (Å²) >= 11 is 9.32. The van der Waals surface area contributed by atoms with Crippen molar-refractivity contribution in [3.63, 3.8) is 0 Å². The molecule has 0 aliphatic rings. The van der Waals surface area contributed by atoms with E-state index in [0.29, 0.717) is 0 Å². The van der Waals surface area contributed by atoms with E-state index in [9.17, 15) is 0 Å². The highest BCUT2D eigenvalue weighted by atomic mass is 35.5. The molecule has 0 bridgehead atoms. The van der Waals surface area contributed by atoms with E-state index >= 15 is 0 Å². The highest BCUT2D eigenvalue weighted by Gasteiger charge is 2.11. The Bertz CT molecular complexity index is 461. The molecule has 0 saturated heterocycles. The minimum atomic E-state index is 0.0972. The van der Waals surface area contributed by atoms with Crippen LogP contribution in [0.3, 0.4) is 0 Å². The van der Waals surface area contributed by atoms with E-state index in [0.717, 1.165) is 17.2 Å². The summed E-state index contributed by atoms with van der Waals surface area (Å²) in [6.45, 7) is 2.17. The molecule has 0 spiro atoms. The number of aryl methyl sites for hydroxylation is 1. The Morgan fingerprint density at radius 2 is 1.94 bits per heavy atom. The van der Waals surface area contributed by atoms with Gasteiger partial charge < -0.3 is 5.73 Å². The van der Waals surface area contributed by atoms with Crippen molar-refractivity contribution < 1.29 is 0 Å². The van der Waals surface area contributed by atoms with Crippen LogP contribution in [0.2, 0.25) is 4.34 Å². The molecule has 0 aliphatic carbocycles. The van der Waals surface area contributed by atoms with Gasteiger partial charge in [0.25, 0.3) is 0 Å². The predicted molar refractivity (Wildman–Crippen MR) is 73.7 cm³/mol. The van der Waals surface area contributed by atoms with E-state index in [4.69, 9.17) is 17.3 Å². The van der Waals surface area contributed by atoms with Crippen LogP contribution in [0.4, 0.5) is 0 Å². The van der Waals surface area contributed by atoms with Crippen molar-refractivity contribution in [3.05, 3.63) is 43.2 Å². The number of halogens is 1. The van der Waals surface area contributed by atoms with Crippen LogP contribution in [0.25, 0.3) is 0 Å². The summed E-state index contributed by atoms with van der Waals surface area (Å²) in [5.41, 5.74) is 6.18. The van der Waals surface area contributed by atoms with Gasteiger partial charge in [-0.15, -0.1) is 22.7 Å². The van der Waals surface area contributed by atoms with Crippen molar-refractivity contribution in [3.8, 4) is 0 Å². The third kappa shape index (κ3) is 2.86. The van der Waals surface area contributed by atoms with Gasteiger partial charge in [-0.3, -0.25) is 0 Å². The van der Waals surface area contributed by atoms with E-state index in [2.05, 4.69) is 25.1 Å². The predicted octanol–water partition coefficient (Wildman–Crippen LogP) is 4.27. The Morgan fingerprint density at radius 1 is 1.19 bits per heavy atom. The fraction of sp³-hybridized carbons (Fsp3) is 0.333. The molecule has 0 amide bonds. The van der Waals surface area contributed by atoms with E-state index in [1.807, 2.05) is 17.4 Å². The van der Waals surface area contributed by atoms with Crippen LogP contribution in [0.15, 0.2) is 24.3 Å². The fourth-order valence-electron chi connectivity index (χ4n) is 1.56. The molecule has 0 saturated carbocycles. The van der Waals surface area contributed by atoms with E-state index in [-0.39, 0.29) is 6.04 Å². The molecule has 1 atom stereocenters. The molecule has 1 unspecified atom stereocenters. The average Bonchev–Trinajstić information content (AvgIpc) is 2.87. The summed E-state index contributed by atoms with van der Waals surface area (Å²) in [6, 6.07) is 8.39. The summed E-state index contributed by atoms with van der Waals surface area (Å²) in [5.74, 6) is 0. The maximum absolute atomic E-state index is 6.18. The number of thiophene rings is 2. The molecular formula is C12H14ClNS2. The van der Waals surface area contributed by atoms with Gasteiger partial charge in [-0.25, -0.2) is 0 Å². The molecule has 16 heavy (non-hydrogen) atoms. The van der Waals surface area contributed by atoms with Crippen LogP contribution in [0.5, 0.6) is 0 Å². The lowest BCUT2D eigenvalue weighted by molar-refractivity contribution is 0.745. The van der Waals surface area contributed by atoms with Crippen molar-refractivity contribution in [2.45, 2.75) is 25.8 Å². The zero-order valence-corrected chi connectivity index (χ0v) is 11.5. The van der Waals surface area contributed by atoms with Crippen LogP contribution in [-0.4, -0.2) is 0 Å². The zero-order valence-electron chi connectivity index (χ0n) is 9.07. The Hall–Kier alpha value is -0.350. The van der Waals surface area contributed by atoms with Crippen molar-refractivity contribution in [2.24, 2.45) is 5.73 Å². The average molecular weight is 272 g/mol. The Morgan fingerprint density at radius 3 is 2.50 bits per heavy atom. The van der Waals surface area contributed by atoms with Crippen molar-refractivity contribution in [2.75, 3.05) is 0 Å². The lowest BCUT2D eigenvalue weighted by Gasteiger charge is -2.07. The normalized spacial score (nSPS) is 12.9. The third-order valence-electron chi connectivity index (χ3n) is 2.45. The van der Waals surface area contributed by atoms with Crippen LogP contribution in [-0.2, 0) is 12.8 Å². The maximum Gasteiger partial charge on any atom is 0.0931 e. The van der Waals surface area contributed by atoms with Crippen LogP contribution in [0, 0.1) is 0 Å². The van der Waals surface area contributed by atoms with Gasteiger partial charge in [-0.1, -0.05) is 18.5 Å². The van der Waals surface area contributed by atoms with Gasteiger partial charge >= 0.3 is 0 Å². The lowest BCUT2D eigenvalue weighted by Crippen LogP contribution is -2.10. The van der Waals surface area contributed by atoms with Crippen molar-refractivity contribution >= 4 is 34.3 Å². The Kier molecular flexibility index (Phi) is 4.03. The number of hydrogen-bond donors (Lipinski definition) is 1. The molecule has 0 aliphatic heterocycles. The Balaban J connectivity index is 2.05. The molecular weight excluding hydrogens is 258 g/mol. The third-order valence-corrected chi connectivity index (χ3v) is 5.06. The molecule has 1 nitrogen and oxygen atoms in total. The minimum Gasteiger partial charge on any atom is -0.323 e. The van der Waals surface area contributed by atoms with Gasteiger partial charge in [-0.2, -0.15) is 0 Å². The molecule has 0 fully saturated rings. The summed E-state index contributed by atoms with van der Waals surface area (Å²) in [6.07, 6.45) is 1.96. The molecule has 86 valence electrons. The molecule has 0 radical (unpaired) electrons. The lowest BCUT2D eigenvalue weighted by atomic mass is 10.1.